The quantitative estimate of drug-likeness (QED) is 0.735. The molecule has 0 aromatic carbocycles. The zero-order valence-electron chi connectivity index (χ0n) is 9.62. The molecule has 0 aromatic rings. The van der Waals surface area contributed by atoms with E-state index in [1.54, 1.807) is 0 Å². The first-order chi connectivity index (χ1) is 6.60. The molecule has 0 aromatic heterocycles. The van der Waals surface area contributed by atoms with E-state index in [-0.39, 0.29) is 0 Å². The normalized spacial score (nSPS) is 23.6. The van der Waals surface area contributed by atoms with Gasteiger partial charge in [0.2, 0.25) is 0 Å². The molecule has 1 rings (SSSR count). The van der Waals surface area contributed by atoms with Crippen molar-refractivity contribution >= 4 is 0 Å². The molecule has 82 valence electrons. The number of nitrogens with two attached hydrogens (primary N) is 1. The Hall–Kier alpha value is -0.500. The van der Waals surface area contributed by atoms with Crippen LogP contribution in [0.25, 0.3) is 0 Å². The molecule has 0 amide bonds. The van der Waals surface area contributed by atoms with Crippen molar-refractivity contribution in [1.29, 1.82) is 0 Å². The molecule has 1 aliphatic rings. The SMILES string of the molecule is CCC(C)(C)[C@H](CN)CC1CC=CO1. The fraction of sp³-hybridized carbons (Fsp3) is 0.833. The Morgan fingerprint density at radius 3 is 2.71 bits per heavy atom. The highest BCUT2D eigenvalue weighted by molar-refractivity contribution is 4.90. The highest BCUT2D eigenvalue weighted by Gasteiger charge is 2.29. The van der Waals surface area contributed by atoms with Crippen LogP contribution in [0.5, 0.6) is 0 Å². The van der Waals surface area contributed by atoms with Gasteiger partial charge in [-0.1, -0.05) is 27.2 Å². The number of hydrogen-bond acceptors (Lipinski definition) is 2. The van der Waals surface area contributed by atoms with Gasteiger partial charge >= 0.3 is 0 Å². The Kier molecular flexibility index (Phi) is 3.99. The highest BCUT2D eigenvalue weighted by atomic mass is 16.5. The van der Waals surface area contributed by atoms with Gasteiger partial charge in [-0.3, -0.25) is 0 Å². The Bertz CT molecular complexity index is 190. The molecule has 0 saturated carbocycles. The second kappa shape index (κ2) is 4.83. The van der Waals surface area contributed by atoms with Gasteiger partial charge < -0.3 is 10.5 Å². The van der Waals surface area contributed by atoms with Gasteiger partial charge in [-0.05, 0) is 30.4 Å². The number of ether oxygens (including phenoxy) is 1. The van der Waals surface area contributed by atoms with E-state index in [1.165, 1.54) is 6.42 Å². The van der Waals surface area contributed by atoms with E-state index in [4.69, 9.17) is 10.5 Å². The summed E-state index contributed by atoms with van der Waals surface area (Å²) in [6.45, 7) is 7.59. The van der Waals surface area contributed by atoms with Crippen molar-refractivity contribution in [3.8, 4) is 0 Å². The van der Waals surface area contributed by atoms with Crippen molar-refractivity contribution in [2.24, 2.45) is 17.1 Å². The van der Waals surface area contributed by atoms with Crippen LogP contribution < -0.4 is 5.73 Å². The Morgan fingerprint density at radius 1 is 1.57 bits per heavy atom. The standard InChI is InChI=1S/C12H23NO/c1-4-12(2,3)10(9-13)8-11-6-5-7-14-11/h5,7,10-11H,4,6,8-9,13H2,1-3H3/t10-,11?/m0/s1. The summed E-state index contributed by atoms with van der Waals surface area (Å²) < 4.78 is 5.49. The van der Waals surface area contributed by atoms with Crippen LogP contribution in [0.3, 0.4) is 0 Å². The van der Waals surface area contributed by atoms with Crippen molar-refractivity contribution in [1.82, 2.24) is 0 Å². The van der Waals surface area contributed by atoms with Crippen molar-refractivity contribution in [3.63, 3.8) is 0 Å². The third-order valence-corrected chi connectivity index (χ3v) is 3.61. The van der Waals surface area contributed by atoms with Crippen molar-refractivity contribution < 1.29 is 4.74 Å². The molecule has 2 atom stereocenters. The van der Waals surface area contributed by atoms with E-state index in [0.717, 1.165) is 19.4 Å². The summed E-state index contributed by atoms with van der Waals surface area (Å²) >= 11 is 0. The van der Waals surface area contributed by atoms with E-state index in [1.807, 2.05) is 6.26 Å². The van der Waals surface area contributed by atoms with Crippen LogP contribution in [0.1, 0.15) is 40.0 Å². The molecule has 2 N–H and O–H groups in total. The molecule has 0 aliphatic carbocycles. The fourth-order valence-electron chi connectivity index (χ4n) is 1.92. The van der Waals surface area contributed by atoms with Crippen molar-refractivity contribution in [3.05, 3.63) is 12.3 Å². The minimum absolute atomic E-state index is 0.334. The zero-order valence-corrected chi connectivity index (χ0v) is 9.62. The summed E-state index contributed by atoms with van der Waals surface area (Å²) in [4.78, 5) is 0. The molecule has 0 spiro atoms. The molecule has 0 radical (unpaired) electrons. The number of hydrogen-bond donors (Lipinski definition) is 1. The first-order valence-electron chi connectivity index (χ1n) is 5.60. The maximum Gasteiger partial charge on any atom is 0.102 e. The lowest BCUT2D eigenvalue weighted by Crippen LogP contribution is -2.33. The smallest absolute Gasteiger partial charge is 0.102 e. The molecule has 2 nitrogen and oxygen atoms in total. The van der Waals surface area contributed by atoms with Crippen LogP contribution in [0.2, 0.25) is 0 Å². The predicted octanol–water partition coefficient (Wildman–Crippen LogP) is 2.69. The van der Waals surface area contributed by atoms with E-state index in [9.17, 15) is 0 Å². The summed E-state index contributed by atoms with van der Waals surface area (Å²) in [6, 6.07) is 0. The summed E-state index contributed by atoms with van der Waals surface area (Å²) in [5.41, 5.74) is 6.17. The highest BCUT2D eigenvalue weighted by Crippen LogP contribution is 2.34. The summed E-state index contributed by atoms with van der Waals surface area (Å²) in [5.74, 6) is 0.567. The van der Waals surface area contributed by atoms with Gasteiger partial charge in [0, 0.05) is 6.42 Å². The summed E-state index contributed by atoms with van der Waals surface area (Å²) in [5, 5.41) is 0. The van der Waals surface area contributed by atoms with Gasteiger partial charge in [0.25, 0.3) is 0 Å². The Labute approximate surface area is 87.5 Å². The Morgan fingerprint density at radius 2 is 2.29 bits per heavy atom. The molecular weight excluding hydrogens is 174 g/mol. The lowest BCUT2D eigenvalue weighted by molar-refractivity contribution is 0.0963. The second-order valence-corrected chi connectivity index (χ2v) is 4.88. The minimum Gasteiger partial charge on any atom is -0.498 e. The molecule has 0 fully saturated rings. The van der Waals surface area contributed by atoms with Crippen LogP contribution in [0.15, 0.2) is 12.3 Å². The molecule has 1 heterocycles. The maximum atomic E-state index is 5.84. The molecule has 1 unspecified atom stereocenters. The van der Waals surface area contributed by atoms with Gasteiger partial charge in [0.1, 0.15) is 6.10 Å². The van der Waals surface area contributed by atoms with Crippen molar-refractivity contribution in [2.75, 3.05) is 6.54 Å². The van der Waals surface area contributed by atoms with E-state index < -0.39 is 0 Å². The van der Waals surface area contributed by atoms with Crippen LogP contribution in [0.4, 0.5) is 0 Å². The number of rotatable bonds is 5. The molecule has 2 heteroatoms. The van der Waals surface area contributed by atoms with Gasteiger partial charge in [0.05, 0.1) is 6.26 Å². The van der Waals surface area contributed by atoms with E-state index in [0.29, 0.717) is 17.4 Å². The summed E-state index contributed by atoms with van der Waals surface area (Å²) in [7, 11) is 0. The first-order valence-corrected chi connectivity index (χ1v) is 5.60. The first kappa shape index (κ1) is 11.6. The largest absolute Gasteiger partial charge is 0.498 e. The van der Waals surface area contributed by atoms with Gasteiger partial charge in [-0.25, -0.2) is 0 Å². The topological polar surface area (TPSA) is 35.2 Å². The van der Waals surface area contributed by atoms with E-state index in [2.05, 4.69) is 26.8 Å². The molecule has 0 saturated heterocycles. The average Bonchev–Trinajstić information content (AvgIpc) is 2.66. The van der Waals surface area contributed by atoms with Crippen LogP contribution in [-0.4, -0.2) is 12.6 Å². The third-order valence-electron chi connectivity index (χ3n) is 3.61. The third kappa shape index (κ3) is 2.74. The average molecular weight is 197 g/mol. The fourth-order valence-corrected chi connectivity index (χ4v) is 1.92. The van der Waals surface area contributed by atoms with Crippen molar-refractivity contribution in [2.45, 2.75) is 46.1 Å². The lowest BCUT2D eigenvalue weighted by atomic mass is 9.74. The van der Waals surface area contributed by atoms with E-state index >= 15 is 0 Å². The molecule has 14 heavy (non-hydrogen) atoms. The summed E-state index contributed by atoms with van der Waals surface area (Å²) in [6.07, 6.45) is 7.60. The van der Waals surface area contributed by atoms with Gasteiger partial charge in [0.15, 0.2) is 0 Å². The van der Waals surface area contributed by atoms with Crippen LogP contribution >= 0.6 is 0 Å². The van der Waals surface area contributed by atoms with Crippen LogP contribution in [0, 0.1) is 11.3 Å². The van der Waals surface area contributed by atoms with Gasteiger partial charge in [-0.15, -0.1) is 0 Å². The lowest BCUT2D eigenvalue weighted by Gasteiger charge is -2.34. The maximum absolute atomic E-state index is 5.84. The predicted molar refractivity (Wildman–Crippen MR) is 59.9 cm³/mol. The molecule has 1 aliphatic heterocycles. The molecule has 0 bridgehead atoms. The minimum atomic E-state index is 0.334. The van der Waals surface area contributed by atoms with Crippen LogP contribution in [-0.2, 0) is 4.74 Å². The Balaban J connectivity index is 2.45. The monoisotopic (exact) mass is 197 g/mol. The zero-order chi connectivity index (χ0) is 10.6. The second-order valence-electron chi connectivity index (χ2n) is 4.88. The van der Waals surface area contributed by atoms with Gasteiger partial charge in [-0.2, -0.15) is 0 Å². The molecular formula is C12H23NO.